The van der Waals surface area contributed by atoms with Crippen LogP contribution in [0.4, 0.5) is 5.69 Å². The molecule has 96 valence electrons. The summed E-state index contributed by atoms with van der Waals surface area (Å²) < 4.78 is 0. The maximum Gasteiger partial charge on any atom is 0.313 e. The van der Waals surface area contributed by atoms with Crippen LogP contribution in [0, 0.1) is 0 Å². The molecule has 0 bridgehead atoms. The highest BCUT2D eigenvalue weighted by Crippen LogP contribution is 2.29. The Morgan fingerprint density at radius 2 is 1.67 bits per heavy atom. The van der Waals surface area contributed by atoms with Crippen molar-refractivity contribution in [3.05, 3.63) is 28.2 Å². The second-order valence-corrected chi connectivity index (χ2v) is 4.86. The topological polar surface area (TPSA) is 49.4 Å². The predicted molar refractivity (Wildman–Crippen MR) is 70.9 cm³/mol. The van der Waals surface area contributed by atoms with Gasteiger partial charge in [0.2, 0.25) is 0 Å². The highest BCUT2D eigenvalue weighted by molar-refractivity contribution is 6.44. The first-order valence-electron chi connectivity index (χ1n) is 5.64. The van der Waals surface area contributed by atoms with Gasteiger partial charge in [0.05, 0.1) is 15.7 Å². The van der Waals surface area contributed by atoms with Crippen LogP contribution in [0.2, 0.25) is 10.0 Å². The lowest BCUT2D eigenvalue weighted by Crippen LogP contribution is -2.37. The largest absolute Gasteiger partial charge is 0.334 e. The number of rotatable bonds is 1. The average molecular weight is 287 g/mol. The third-order valence-electron chi connectivity index (χ3n) is 2.79. The van der Waals surface area contributed by atoms with Gasteiger partial charge in [0.15, 0.2) is 0 Å². The molecule has 1 aromatic rings. The van der Waals surface area contributed by atoms with Crippen LogP contribution in [0.15, 0.2) is 18.2 Å². The zero-order valence-corrected chi connectivity index (χ0v) is 11.1. The number of nitrogens with zero attached hydrogens (tertiary/aromatic N) is 1. The lowest BCUT2D eigenvalue weighted by molar-refractivity contribution is -0.142. The molecule has 1 fully saturated rings. The average Bonchev–Trinajstić information content (AvgIpc) is 2.86. The molecule has 0 atom stereocenters. The Hall–Kier alpha value is -1.26. The number of benzene rings is 1. The van der Waals surface area contributed by atoms with Crippen molar-refractivity contribution in [1.29, 1.82) is 0 Å². The van der Waals surface area contributed by atoms with E-state index in [9.17, 15) is 9.59 Å². The zero-order valence-electron chi connectivity index (χ0n) is 9.58. The number of carbonyl (C=O) groups excluding carboxylic acids is 2. The van der Waals surface area contributed by atoms with E-state index in [1.807, 2.05) is 0 Å². The van der Waals surface area contributed by atoms with E-state index < -0.39 is 11.8 Å². The molecule has 18 heavy (non-hydrogen) atoms. The minimum Gasteiger partial charge on any atom is -0.334 e. The Balaban J connectivity index is 2.09. The number of amides is 2. The second-order valence-electron chi connectivity index (χ2n) is 4.05. The first-order valence-corrected chi connectivity index (χ1v) is 6.39. The quantitative estimate of drug-likeness (QED) is 0.807. The highest BCUT2D eigenvalue weighted by Gasteiger charge is 2.25. The number of likely N-dealkylation sites (tertiary alicyclic amines) is 1. The van der Waals surface area contributed by atoms with Gasteiger partial charge in [-0.2, -0.15) is 0 Å². The highest BCUT2D eigenvalue weighted by atomic mass is 35.5. The van der Waals surface area contributed by atoms with Crippen LogP contribution in [-0.2, 0) is 9.59 Å². The normalized spacial score (nSPS) is 14.7. The molecule has 0 spiro atoms. The third-order valence-corrected chi connectivity index (χ3v) is 3.42. The molecule has 1 aliphatic rings. The molecule has 1 saturated heterocycles. The van der Waals surface area contributed by atoms with Gasteiger partial charge in [0.25, 0.3) is 0 Å². The van der Waals surface area contributed by atoms with Crippen molar-refractivity contribution in [3.63, 3.8) is 0 Å². The minimum absolute atomic E-state index is 0.276. The van der Waals surface area contributed by atoms with Crippen molar-refractivity contribution in [2.75, 3.05) is 18.4 Å². The molecule has 6 heteroatoms. The van der Waals surface area contributed by atoms with Crippen LogP contribution < -0.4 is 5.32 Å². The number of para-hydroxylation sites is 1. The summed E-state index contributed by atoms with van der Waals surface area (Å²) in [6.07, 6.45) is 1.87. The van der Waals surface area contributed by atoms with Gasteiger partial charge < -0.3 is 10.2 Å². The summed E-state index contributed by atoms with van der Waals surface area (Å²) in [5.41, 5.74) is 0.276. The fourth-order valence-corrected chi connectivity index (χ4v) is 2.34. The van der Waals surface area contributed by atoms with Crippen LogP contribution in [0.1, 0.15) is 12.8 Å². The number of anilines is 1. The maximum absolute atomic E-state index is 11.8. The number of hydrogen-bond donors (Lipinski definition) is 1. The van der Waals surface area contributed by atoms with E-state index in [0.29, 0.717) is 23.1 Å². The van der Waals surface area contributed by atoms with Gasteiger partial charge in [-0.3, -0.25) is 9.59 Å². The Bertz CT molecular complexity index is 465. The predicted octanol–water partition coefficient (Wildman–Crippen LogP) is 2.55. The van der Waals surface area contributed by atoms with Crippen LogP contribution in [0.5, 0.6) is 0 Å². The number of halogens is 2. The van der Waals surface area contributed by atoms with Gasteiger partial charge in [-0.05, 0) is 25.0 Å². The number of carbonyl (C=O) groups is 2. The molecule has 4 nitrogen and oxygen atoms in total. The lowest BCUT2D eigenvalue weighted by Gasteiger charge is -2.15. The van der Waals surface area contributed by atoms with Gasteiger partial charge in [-0.1, -0.05) is 29.3 Å². The Morgan fingerprint density at radius 1 is 1.11 bits per heavy atom. The number of nitrogens with one attached hydrogen (secondary N) is 1. The van der Waals surface area contributed by atoms with Crippen molar-refractivity contribution in [2.45, 2.75) is 12.8 Å². The fourth-order valence-electron chi connectivity index (χ4n) is 1.85. The minimum atomic E-state index is -0.702. The summed E-state index contributed by atoms with van der Waals surface area (Å²) in [6.45, 7) is 1.25. The summed E-state index contributed by atoms with van der Waals surface area (Å²) >= 11 is 11.8. The van der Waals surface area contributed by atoms with Crippen LogP contribution in [0.3, 0.4) is 0 Å². The summed E-state index contributed by atoms with van der Waals surface area (Å²) in [7, 11) is 0. The van der Waals surface area contributed by atoms with Crippen molar-refractivity contribution in [3.8, 4) is 0 Å². The van der Waals surface area contributed by atoms with Crippen LogP contribution in [0.25, 0.3) is 0 Å². The van der Waals surface area contributed by atoms with Gasteiger partial charge in [-0.25, -0.2) is 0 Å². The molecule has 2 rings (SSSR count). The van der Waals surface area contributed by atoms with Crippen LogP contribution >= 0.6 is 23.2 Å². The Kier molecular flexibility index (Phi) is 4.09. The van der Waals surface area contributed by atoms with Crippen molar-refractivity contribution >= 4 is 40.7 Å². The fraction of sp³-hybridized carbons (Fsp3) is 0.333. The second kappa shape index (κ2) is 5.59. The molecule has 2 amide bonds. The molecule has 0 aliphatic carbocycles. The molecule has 0 unspecified atom stereocenters. The standard InChI is InChI=1S/C12H12Cl2N2O2/c13-8-4-3-5-9(14)10(8)15-11(17)12(18)16-6-1-2-7-16/h3-5H,1-2,6-7H2,(H,15,17). The zero-order chi connectivity index (χ0) is 13.1. The maximum atomic E-state index is 11.8. The van der Waals surface area contributed by atoms with Gasteiger partial charge in [0.1, 0.15) is 0 Å². The summed E-state index contributed by atoms with van der Waals surface area (Å²) in [5, 5.41) is 3.08. The van der Waals surface area contributed by atoms with E-state index in [-0.39, 0.29) is 5.69 Å². The van der Waals surface area contributed by atoms with Gasteiger partial charge >= 0.3 is 11.8 Å². The van der Waals surface area contributed by atoms with Gasteiger partial charge in [-0.15, -0.1) is 0 Å². The van der Waals surface area contributed by atoms with Crippen molar-refractivity contribution in [2.24, 2.45) is 0 Å². The summed E-state index contributed by atoms with van der Waals surface area (Å²) in [5.74, 6) is -1.24. The Labute approximate surface area is 115 Å². The van der Waals surface area contributed by atoms with E-state index in [2.05, 4.69) is 5.32 Å². The molecule has 0 saturated carbocycles. The summed E-state index contributed by atoms with van der Waals surface area (Å²) in [4.78, 5) is 25.1. The molecule has 1 N–H and O–H groups in total. The molecule has 0 radical (unpaired) electrons. The van der Waals surface area contributed by atoms with E-state index in [1.165, 1.54) is 4.90 Å². The SMILES string of the molecule is O=C(Nc1c(Cl)cccc1Cl)C(=O)N1CCCC1. The third kappa shape index (κ3) is 2.76. The smallest absolute Gasteiger partial charge is 0.313 e. The van der Waals surface area contributed by atoms with E-state index >= 15 is 0 Å². The lowest BCUT2D eigenvalue weighted by atomic mass is 10.3. The Morgan fingerprint density at radius 3 is 2.22 bits per heavy atom. The molecule has 1 heterocycles. The first kappa shape index (κ1) is 13.2. The van der Waals surface area contributed by atoms with E-state index in [4.69, 9.17) is 23.2 Å². The first-order chi connectivity index (χ1) is 8.59. The number of hydrogen-bond acceptors (Lipinski definition) is 2. The van der Waals surface area contributed by atoms with E-state index in [0.717, 1.165) is 12.8 Å². The molecule has 0 aromatic heterocycles. The molecule has 1 aromatic carbocycles. The molecular weight excluding hydrogens is 275 g/mol. The van der Waals surface area contributed by atoms with Gasteiger partial charge in [0, 0.05) is 13.1 Å². The van der Waals surface area contributed by atoms with Crippen LogP contribution in [-0.4, -0.2) is 29.8 Å². The van der Waals surface area contributed by atoms with Crippen molar-refractivity contribution < 1.29 is 9.59 Å². The van der Waals surface area contributed by atoms with E-state index in [1.54, 1.807) is 18.2 Å². The molecular formula is C12H12Cl2N2O2. The molecule has 1 aliphatic heterocycles. The monoisotopic (exact) mass is 286 g/mol. The van der Waals surface area contributed by atoms with Crippen molar-refractivity contribution in [1.82, 2.24) is 4.90 Å². The summed E-state index contributed by atoms with van der Waals surface area (Å²) in [6, 6.07) is 4.87.